The molecule has 0 bridgehead atoms. The van der Waals surface area contributed by atoms with E-state index in [-0.39, 0.29) is 42.3 Å². The first-order valence-corrected chi connectivity index (χ1v) is 8.45. The maximum atomic E-state index is 13.3. The molecule has 3 atom stereocenters. The average molecular weight is 358 g/mol. The number of halogens is 1. The highest BCUT2D eigenvalue weighted by molar-refractivity contribution is 5.93. The number of rotatable bonds is 2. The number of fused-ring (bicyclic) bond motifs is 1. The van der Waals surface area contributed by atoms with Gasteiger partial charge in [-0.05, 0) is 17.7 Å². The molecule has 0 unspecified atom stereocenters. The van der Waals surface area contributed by atoms with Gasteiger partial charge >= 0.3 is 0 Å². The number of likely N-dealkylation sites (tertiary alicyclic amines) is 1. The Morgan fingerprint density at radius 2 is 2.12 bits per heavy atom. The molecule has 1 aromatic heterocycles. The zero-order valence-electron chi connectivity index (χ0n) is 14.3. The third-order valence-electron chi connectivity index (χ3n) is 4.97. The molecule has 1 aromatic carbocycles. The fourth-order valence-electron chi connectivity index (χ4n) is 3.70. The van der Waals surface area contributed by atoms with Gasteiger partial charge in [0.2, 0.25) is 5.91 Å². The Labute approximate surface area is 149 Å². The summed E-state index contributed by atoms with van der Waals surface area (Å²) in [5.41, 5.74) is 1.23. The summed E-state index contributed by atoms with van der Waals surface area (Å²) < 4.78 is 20.8. The zero-order chi connectivity index (χ0) is 18.3. The van der Waals surface area contributed by atoms with E-state index in [2.05, 4.69) is 10.3 Å². The number of nitrogens with zero attached hydrogens (tertiary/aromatic N) is 3. The zero-order valence-corrected chi connectivity index (χ0v) is 14.3. The van der Waals surface area contributed by atoms with E-state index < -0.39 is 0 Å². The van der Waals surface area contributed by atoms with Crippen LogP contribution in [0.2, 0.25) is 0 Å². The van der Waals surface area contributed by atoms with Gasteiger partial charge in [0, 0.05) is 32.3 Å². The van der Waals surface area contributed by atoms with Gasteiger partial charge < -0.3 is 19.5 Å². The SMILES string of the molecule is Cn1cnc(C(=O)N2C[C@H](c3ccc(F)cc3)[C@H]3OCC(=O)NC[C@H]32)c1. The molecule has 7 nitrogen and oxygen atoms in total. The van der Waals surface area contributed by atoms with Crippen LogP contribution in [0.4, 0.5) is 4.39 Å². The van der Waals surface area contributed by atoms with Crippen LogP contribution in [0.1, 0.15) is 22.0 Å². The monoisotopic (exact) mass is 358 g/mol. The Morgan fingerprint density at radius 1 is 1.35 bits per heavy atom. The van der Waals surface area contributed by atoms with E-state index in [4.69, 9.17) is 4.74 Å². The van der Waals surface area contributed by atoms with Crippen LogP contribution < -0.4 is 5.32 Å². The third kappa shape index (κ3) is 2.96. The van der Waals surface area contributed by atoms with Crippen molar-refractivity contribution in [3.8, 4) is 0 Å². The van der Waals surface area contributed by atoms with Gasteiger partial charge in [-0.15, -0.1) is 0 Å². The number of amides is 2. The summed E-state index contributed by atoms with van der Waals surface area (Å²) >= 11 is 0. The summed E-state index contributed by atoms with van der Waals surface area (Å²) in [6.45, 7) is 0.691. The van der Waals surface area contributed by atoms with Crippen molar-refractivity contribution in [2.24, 2.45) is 7.05 Å². The number of benzene rings is 1. The molecule has 2 aliphatic heterocycles. The summed E-state index contributed by atoms with van der Waals surface area (Å²) in [4.78, 5) is 30.5. The molecule has 2 aliphatic rings. The molecule has 0 spiro atoms. The van der Waals surface area contributed by atoms with Crippen LogP contribution in [0.25, 0.3) is 0 Å². The van der Waals surface area contributed by atoms with E-state index >= 15 is 0 Å². The highest BCUT2D eigenvalue weighted by Gasteiger charge is 2.47. The molecule has 0 radical (unpaired) electrons. The smallest absolute Gasteiger partial charge is 0.274 e. The van der Waals surface area contributed by atoms with E-state index in [0.29, 0.717) is 18.8 Å². The predicted molar refractivity (Wildman–Crippen MR) is 89.9 cm³/mol. The average Bonchev–Trinajstić information content (AvgIpc) is 3.16. The van der Waals surface area contributed by atoms with Crippen molar-refractivity contribution in [3.63, 3.8) is 0 Å². The van der Waals surface area contributed by atoms with E-state index in [1.165, 1.54) is 12.1 Å². The van der Waals surface area contributed by atoms with Gasteiger partial charge in [-0.25, -0.2) is 9.37 Å². The molecule has 0 aliphatic carbocycles. The first kappa shape index (κ1) is 16.7. The normalized spacial score (nSPS) is 25.5. The maximum absolute atomic E-state index is 13.3. The number of aromatic nitrogens is 2. The molecule has 0 saturated carbocycles. The number of nitrogens with one attached hydrogen (secondary N) is 1. The fraction of sp³-hybridized carbons (Fsp3) is 0.389. The molecular weight excluding hydrogens is 339 g/mol. The number of imidazole rings is 1. The fourth-order valence-corrected chi connectivity index (χ4v) is 3.70. The lowest BCUT2D eigenvalue weighted by Gasteiger charge is -2.25. The Morgan fingerprint density at radius 3 is 2.81 bits per heavy atom. The van der Waals surface area contributed by atoms with Crippen LogP contribution in [0, 0.1) is 5.82 Å². The highest BCUT2D eigenvalue weighted by Crippen LogP contribution is 2.35. The molecule has 3 heterocycles. The van der Waals surface area contributed by atoms with Crippen molar-refractivity contribution in [2.75, 3.05) is 19.7 Å². The Balaban J connectivity index is 1.67. The summed E-state index contributed by atoms with van der Waals surface area (Å²) in [5.74, 6) is -0.864. The lowest BCUT2D eigenvalue weighted by Crippen LogP contribution is -2.45. The van der Waals surface area contributed by atoms with Crippen molar-refractivity contribution in [1.29, 1.82) is 0 Å². The van der Waals surface area contributed by atoms with Crippen LogP contribution >= 0.6 is 0 Å². The molecule has 2 fully saturated rings. The standard InChI is InChI=1S/C18H19FN4O3/c1-22-8-14(21-10-22)18(25)23-7-13(11-2-4-12(19)5-3-11)17-15(23)6-20-16(24)9-26-17/h2-5,8,10,13,15,17H,6-7,9H2,1H3,(H,20,24)/t13-,15-,17-/m1/s1. The second-order valence-corrected chi connectivity index (χ2v) is 6.69. The Hall–Kier alpha value is -2.74. The van der Waals surface area contributed by atoms with Gasteiger partial charge in [0.05, 0.1) is 18.5 Å². The Kier molecular flexibility index (Phi) is 4.20. The van der Waals surface area contributed by atoms with Crippen LogP contribution in [-0.4, -0.2) is 58.1 Å². The van der Waals surface area contributed by atoms with Gasteiger partial charge in [-0.1, -0.05) is 12.1 Å². The quantitative estimate of drug-likeness (QED) is 0.857. The summed E-state index contributed by atoms with van der Waals surface area (Å²) in [6, 6.07) is 5.90. The second kappa shape index (κ2) is 6.53. The van der Waals surface area contributed by atoms with Crippen molar-refractivity contribution >= 4 is 11.8 Å². The topological polar surface area (TPSA) is 76.5 Å². The van der Waals surface area contributed by atoms with Crippen molar-refractivity contribution in [3.05, 3.63) is 53.9 Å². The second-order valence-electron chi connectivity index (χ2n) is 6.69. The molecule has 2 aromatic rings. The van der Waals surface area contributed by atoms with Crippen molar-refractivity contribution < 1.29 is 18.7 Å². The van der Waals surface area contributed by atoms with Gasteiger partial charge in [-0.3, -0.25) is 9.59 Å². The van der Waals surface area contributed by atoms with E-state index in [1.807, 2.05) is 0 Å². The molecule has 8 heteroatoms. The highest BCUT2D eigenvalue weighted by atomic mass is 19.1. The summed E-state index contributed by atoms with van der Waals surface area (Å²) in [6.07, 6.45) is 2.90. The van der Waals surface area contributed by atoms with Crippen LogP contribution in [0.15, 0.2) is 36.8 Å². The van der Waals surface area contributed by atoms with Gasteiger partial charge in [0.1, 0.15) is 18.1 Å². The minimum absolute atomic E-state index is 0.0511. The number of hydrogen-bond donors (Lipinski definition) is 1. The third-order valence-corrected chi connectivity index (χ3v) is 4.97. The van der Waals surface area contributed by atoms with Gasteiger partial charge in [0.25, 0.3) is 5.91 Å². The lowest BCUT2D eigenvalue weighted by molar-refractivity contribution is -0.125. The predicted octanol–water partition coefficient (Wildman–Crippen LogP) is 0.682. The maximum Gasteiger partial charge on any atom is 0.274 e. The molecule has 2 amide bonds. The number of ether oxygens (including phenoxy) is 1. The molecule has 136 valence electrons. The first-order chi connectivity index (χ1) is 12.5. The molecular formula is C18H19FN4O3. The van der Waals surface area contributed by atoms with E-state index in [0.717, 1.165) is 5.56 Å². The number of carbonyl (C=O) groups is 2. The van der Waals surface area contributed by atoms with Crippen LogP contribution in [0.5, 0.6) is 0 Å². The number of hydrogen-bond acceptors (Lipinski definition) is 4. The number of aryl methyl sites for hydroxylation is 1. The minimum atomic E-state index is -0.341. The van der Waals surface area contributed by atoms with Crippen molar-refractivity contribution in [2.45, 2.75) is 18.1 Å². The Bertz CT molecular complexity index is 835. The van der Waals surface area contributed by atoms with E-state index in [9.17, 15) is 14.0 Å². The van der Waals surface area contributed by atoms with Crippen LogP contribution in [0.3, 0.4) is 0 Å². The molecule has 4 rings (SSSR count). The summed E-state index contributed by atoms with van der Waals surface area (Å²) in [7, 11) is 1.80. The van der Waals surface area contributed by atoms with Crippen LogP contribution in [-0.2, 0) is 16.6 Å². The molecule has 1 N–H and O–H groups in total. The first-order valence-electron chi connectivity index (χ1n) is 8.45. The largest absolute Gasteiger partial charge is 0.365 e. The van der Waals surface area contributed by atoms with Crippen molar-refractivity contribution in [1.82, 2.24) is 19.8 Å². The minimum Gasteiger partial charge on any atom is -0.365 e. The molecule has 26 heavy (non-hydrogen) atoms. The summed E-state index contributed by atoms with van der Waals surface area (Å²) in [5, 5.41) is 2.80. The lowest BCUT2D eigenvalue weighted by atomic mass is 9.93. The van der Waals surface area contributed by atoms with Gasteiger partial charge in [0.15, 0.2) is 0 Å². The molecule has 2 saturated heterocycles. The van der Waals surface area contributed by atoms with E-state index in [1.54, 1.807) is 41.2 Å². The van der Waals surface area contributed by atoms with Gasteiger partial charge in [-0.2, -0.15) is 0 Å². The number of carbonyl (C=O) groups excluding carboxylic acids is 2.